The lowest BCUT2D eigenvalue weighted by atomic mass is 10.2. The van der Waals surface area contributed by atoms with Gasteiger partial charge in [-0.05, 0) is 13.0 Å². The first-order valence-electron chi connectivity index (χ1n) is 4.23. The largest absolute Gasteiger partial charge is 0.481 e. The lowest BCUT2D eigenvalue weighted by molar-refractivity contribution is -0.138. The second-order valence-electron chi connectivity index (χ2n) is 2.85. The molecule has 76 valence electrons. The molecular weight excluding hydrogens is 172 g/mol. The van der Waals surface area contributed by atoms with Crippen LogP contribution in [0.2, 0.25) is 0 Å². The highest BCUT2D eigenvalue weighted by atomic mass is 16.4. The summed E-state index contributed by atoms with van der Waals surface area (Å²) in [6.45, 7) is 0.747. The molecule has 0 heterocycles. The number of nitrogens with zero attached hydrogens (tertiary/aromatic N) is 1. The highest BCUT2D eigenvalue weighted by Gasteiger charge is 2.08. The summed E-state index contributed by atoms with van der Waals surface area (Å²) in [6, 6.07) is 0. The number of hydrogen-bond donors (Lipinski definition) is 2. The summed E-state index contributed by atoms with van der Waals surface area (Å²) in [6.07, 6.45) is 1.04. The van der Waals surface area contributed by atoms with Crippen LogP contribution in [0.4, 0.5) is 0 Å². The van der Waals surface area contributed by atoms with Gasteiger partial charge < -0.3 is 15.7 Å². The van der Waals surface area contributed by atoms with Gasteiger partial charge in [-0.2, -0.15) is 0 Å². The van der Waals surface area contributed by atoms with Gasteiger partial charge in [0.15, 0.2) is 0 Å². The maximum atomic E-state index is 11.2. The zero-order valence-corrected chi connectivity index (χ0v) is 7.82. The van der Waals surface area contributed by atoms with Crippen LogP contribution < -0.4 is 5.73 Å². The molecule has 0 fully saturated rings. The summed E-state index contributed by atoms with van der Waals surface area (Å²) in [5.41, 5.74) is 5.23. The number of carboxylic acids is 1. The average molecular weight is 188 g/mol. The molecule has 0 unspecified atom stereocenters. The van der Waals surface area contributed by atoms with Gasteiger partial charge in [-0.15, -0.1) is 0 Å². The molecule has 0 radical (unpaired) electrons. The van der Waals surface area contributed by atoms with E-state index in [1.54, 1.807) is 7.05 Å². The van der Waals surface area contributed by atoms with E-state index < -0.39 is 5.97 Å². The van der Waals surface area contributed by atoms with Crippen molar-refractivity contribution in [3.8, 4) is 0 Å². The molecule has 3 N–H and O–H groups in total. The standard InChI is InChI=1S/C8H16N2O3/c1-10(6-4-8(12)13)7(11)3-2-5-9/h2-6,9H2,1H3,(H,12,13). The summed E-state index contributed by atoms with van der Waals surface area (Å²) in [4.78, 5) is 22.8. The van der Waals surface area contributed by atoms with Gasteiger partial charge >= 0.3 is 5.97 Å². The minimum atomic E-state index is -0.890. The topological polar surface area (TPSA) is 83.6 Å². The number of carbonyl (C=O) groups excluding carboxylic acids is 1. The smallest absolute Gasteiger partial charge is 0.305 e. The molecular formula is C8H16N2O3. The number of aliphatic carboxylic acids is 1. The van der Waals surface area contributed by atoms with E-state index in [1.165, 1.54) is 4.90 Å². The normalized spacial score (nSPS) is 9.69. The Hall–Kier alpha value is -1.10. The average Bonchev–Trinajstić information content (AvgIpc) is 2.10. The molecule has 0 bridgehead atoms. The van der Waals surface area contributed by atoms with Gasteiger partial charge in [-0.3, -0.25) is 9.59 Å². The van der Waals surface area contributed by atoms with Crippen LogP contribution in [-0.4, -0.2) is 42.0 Å². The van der Waals surface area contributed by atoms with Gasteiger partial charge in [0, 0.05) is 20.0 Å². The Morgan fingerprint density at radius 1 is 1.38 bits per heavy atom. The van der Waals surface area contributed by atoms with E-state index in [4.69, 9.17) is 10.8 Å². The fraction of sp³-hybridized carbons (Fsp3) is 0.750. The van der Waals surface area contributed by atoms with Gasteiger partial charge in [0.2, 0.25) is 5.91 Å². The Balaban J connectivity index is 3.62. The van der Waals surface area contributed by atoms with Crippen molar-refractivity contribution in [1.82, 2.24) is 4.90 Å². The van der Waals surface area contributed by atoms with Crippen molar-refractivity contribution in [3.05, 3.63) is 0 Å². The summed E-state index contributed by atoms with van der Waals surface area (Å²) in [7, 11) is 1.60. The molecule has 0 rings (SSSR count). The Morgan fingerprint density at radius 2 is 2.00 bits per heavy atom. The first kappa shape index (κ1) is 11.9. The monoisotopic (exact) mass is 188 g/mol. The van der Waals surface area contributed by atoms with Crippen molar-refractivity contribution in [2.45, 2.75) is 19.3 Å². The minimum Gasteiger partial charge on any atom is -0.481 e. The third-order valence-corrected chi connectivity index (χ3v) is 1.68. The summed E-state index contributed by atoms with van der Waals surface area (Å²) in [5.74, 6) is -0.940. The molecule has 0 aliphatic heterocycles. The van der Waals surface area contributed by atoms with E-state index in [1.807, 2.05) is 0 Å². The second kappa shape index (κ2) is 6.42. The van der Waals surface area contributed by atoms with Crippen LogP contribution in [0.1, 0.15) is 19.3 Å². The van der Waals surface area contributed by atoms with Gasteiger partial charge in [0.25, 0.3) is 0 Å². The van der Waals surface area contributed by atoms with Crippen molar-refractivity contribution in [1.29, 1.82) is 0 Å². The third kappa shape index (κ3) is 6.10. The second-order valence-corrected chi connectivity index (χ2v) is 2.85. The maximum absolute atomic E-state index is 11.2. The number of hydrogen-bond acceptors (Lipinski definition) is 3. The number of carbonyl (C=O) groups is 2. The maximum Gasteiger partial charge on any atom is 0.305 e. The summed E-state index contributed by atoms with van der Waals surface area (Å²) in [5, 5.41) is 8.36. The van der Waals surface area contributed by atoms with Crippen molar-refractivity contribution in [2.75, 3.05) is 20.1 Å². The minimum absolute atomic E-state index is 0.00906. The van der Waals surface area contributed by atoms with E-state index in [2.05, 4.69) is 0 Å². The zero-order chi connectivity index (χ0) is 10.3. The van der Waals surface area contributed by atoms with Crippen molar-refractivity contribution >= 4 is 11.9 Å². The van der Waals surface area contributed by atoms with Crippen LogP contribution >= 0.6 is 0 Å². The summed E-state index contributed by atoms with van der Waals surface area (Å²) >= 11 is 0. The molecule has 1 amide bonds. The summed E-state index contributed by atoms with van der Waals surface area (Å²) < 4.78 is 0. The molecule has 0 spiro atoms. The van der Waals surface area contributed by atoms with E-state index >= 15 is 0 Å². The van der Waals surface area contributed by atoms with Gasteiger partial charge in [0.1, 0.15) is 0 Å². The Labute approximate surface area is 77.5 Å². The van der Waals surface area contributed by atoms with Crippen molar-refractivity contribution < 1.29 is 14.7 Å². The van der Waals surface area contributed by atoms with Crippen LogP contribution in [0.25, 0.3) is 0 Å². The van der Waals surface area contributed by atoms with E-state index in [9.17, 15) is 9.59 Å². The number of rotatable bonds is 6. The predicted octanol–water partition coefficient (Wildman–Crippen LogP) is -0.342. The highest BCUT2D eigenvalue weighted by molar-refractivity contribution is 5.76. The molecule has 5 nitrogen and oxygen atoms in total. The van der Waals surface area contributed by atoms with Crippen LogP contribution in [0, 0.1) is 0 Å². The SMILES string of the molecule is CN(CCC(=O)O)C(=O)CCCN. The molecule has 0 aromatic carbocycles. The lowest BCUT2D eigenvalue weighted by Gasteiger charge is -2.15. The van der Waals surface area contributed by atoms with Crippen LogP contribution in [0.15, 0.2) is 0 Å². The van der Waals surface area contributed by atoms with Crippen LogP contribution in [0.5, 0.6) is 0 Å². The van der Waals surface area contributed by atoms with E-state index in [0.717, 1.165) is 0 Å². The molecule has 0 aliphatic carbocycles. The first-order valence-corrected chi connectivity index (χ1v) is 4.23. The molecule has 0 aromatic heterocycles. The van der Waals surface area contributed by atoms with Gasteiger partial charge in [-0.25, -0.2) is 0 Å². The van der Waals surface area contributed by atoms with Crippen molar-refractivity contribution in [2.24, 2.45) is 5.73 Å². The highest BCUT2D eigenvalue weighted by Crippen LogP contribution is 1.95. The Bertz CT molecular complexity index is 182. The lowest BCUT2D eigenvalue weighted by Crippen LogP contribution is -2.29. The van der Waals surface area contributed by atoms with Crippen molar-refractivity contribution in [3.63, 3.8) is 0 Å². The van der Waals surface area contributed by atoms with Gasteiger partial charge in [0.05, 0.1) is 6.42 Å². The third-order valence-electron chi connectivity index (χ3n) is 1.68. The van der Waals surface area contributed by atoms with Gasteiger partial charge in [-0.1, -0.05) is 0 Å². The first-order chi connectivity index (χ1) is 6.07. The molecule has 0 aliphatic rings. The quantitative estimate of drug-likeness (QED) is 0.597. The number of carboxylic acid groups (broad SMARTS) is 1. The number of nitrogens with two attached hydrogens (primary N) is 1. The van der Waals surface area contributed by atoms with E-state index in [-0.39, 0.29) is 18.9 Å². The van der Waals surface area contributed by atoms with Crippen LogP contribution in [-0.2, 0) is 9.59 Å². The Kier molecular flexibility index (Phi) is 5.88. The molecule has 0 atom stereocenters. The molecule has 5 heteroatoms. The van der Waals surface area contributed by atoms with E-state index in [0.29, 0.717) is 19.4 Å². The molecule has 0 aromatic rings. The zero-order valence-electron chi connectivity index (χ0n) is 7.82. The fourth-order valence-electron chi connectivity index (χ4n) is 0.832. The molecule has 13 heavy (non-hydrogen) atoms. The van der Waals surface area contributed by atoms with Crippen LogP contribution in [0.3, 0.4) is 0 Å². The molecule has 0 saturated carbocycles. The molecule has 0 saturated heterocycles. The predicted molar refractivity (Wildman–Crippen MR) is 48.2 cm³/mol. The number of amides is 1. The fourth-order valence-corrected chi connectivity index (χ4v) is 0.832. The Morgan fingerprint density at radius 3 is 2.46 bits per heavy atom.